The van der Waals surface area contributed by atoms with Gasteiger partial charge in [0.2, 0.25) is 15.9 Å². The summed E-state index contributed by atoms with van der Waals surface area (Å²) in [5, 5.41) is 10.9. The number of halogens is 8. The zero-order valence-corrected chi connectivity index (χ0v) is 34.3. The fraction of sp³-hybridized carbons (Fsp3) is 0.314. The summed E-state index contributed by atoms with van der Waals surface area (Å²) >= 11 is 9.99. The van der Waals surface area contributed by atoms with E-state index in [1.54, 1.807) is 6.66 Å². The van der Waals surface area contributed by atoms with Crippen molar-refractivity contribution >= 4 is 79.9 Å². The molecule has 23 heteroatoms. The molecule has 13 nitrogen and oxygen atoms in total. The summed E-state index contributed by atoms with van der Waals surface area (Å²) in [4.78, 5) is 37.6. The Kier molecular flexibility index (Phi) is 9.91. The number of hydrogen-bond donors (Lipinski definition) is 1. The van der Waals surface area contributed by atoms with Crippen LogP contribution in [-0.4, -0.2) is 61.3 Å². The Bertz CT molecular complexity index is 2870. The number of fused-ring (bicyclic) bond motifs is 5. The Balaban J connectivity index is 1.33. The molecule has 8 rings (SSSR count). The lowest BCUT2D eigenvalue weighted by Gasteiger charge is -2.24. The van der Waals surface area contributed by atoms with Gasteiger partial charge in [0.25, 0.3) is 17.9 Å². The summed E-state index contributed by atoms with van der Waals surface area (Å²) in [6.07, 6.45) is -1.32. The Morgan fingerprint density at radius 3 is 2.52 bits per heavy atom. The maximum atomic E-state index is 15.4. The fourth-order valence-corrected chi connectivity index (χ4v) is 10.4. The van der Waals surface area contributed by atoms with Gasteiger partial charge in [-0.2, -0.15) is 19.0 Å². The van der Waals surface area contributed by atoms with Crippen molar-refractivity contribution in [2.24, 2.45) is 13.0 Å². The fourth-order valence-electron chi connectivity index (χ4n) is 7.74. The van der Waals surface area contributed by atoms with E-state index in [2.05, 4.69) is 41.4 Å². The maximum Gasteiger partial charge on any atom is 0.293 e. The number of aryl methyl sites for hydroxylation is 1. The number of carbonyl (C=O) groups is 1. The number of rotatable bonds is 11. The number of nitrogens with one attached hydrogen (secondary N) is 1. The first-order valence-corrected chi connectivity index (χ1v) is 21.7. The lowest BCUT2D eigenvalue weighted by Crippen LogP contribution is -2.38. The number of aromatic nitrogens is 7. The van der Waals surface area contributed by atoms with Crippen molar-refractivity contribution in [1.82, 2.24) is 39.4 Å². The molecule has 1 saturated carbocycles. The van der Waals surface area contributed by atoms with Gasteiger partial charge < -0.3 is 5.32 Å². The monoisotopic (exact) mass is 929 g/mol. The van der Waals surface area contributed by atoms with Crippen LogP contribution in [0.3, 0.4) is 0 Å². The Morgan fingerprint density at radius 1 is 1.16 bits per heavy atom. The highest BCUT2D eigenvalue weighted by molar-refractivity contribution is 9.10. The molecule has 0 aliphatic heterocycles. The molecule has 4 heterocycles. The average molecular weight is 931 g/mol. The standard InChI is InChI=1S/C35H28BrClF6N9O4PS/c1-49-28-23(5-4-21(37)26(28)33(48-49)52(57-2)58(3,55)56)51-32(46-31-19(34(51)54)9-15(36)12-44-31)22(8-14-6-16(38)10-17(39)7-14)45-24(53)13-50-29-25(27(47-50)30(40)41)18-11-20(18)35(29,42)43/h4-7,9-10,12,18,20,22,30,57H,8,11,13H2,1-3H3,(H,45,53)/t18-,20+,22-/m0/s1. The van der Waals surface area contributed by atoms with Crippen LogP contribution in [0.25, 0.3) is 27.6 Å². The smallest absolute Gasteiger partial charge is 0.293 e. The third-order valence-electron chi connectivity index (χ3n) is 10.1. The molecular formula is C35H28BrClF6N9O4PS. The molecule has 0 saturated heterocycles. The number of amides is 1. The van der Waals surface area contributed by atoms with Crippen molar-refractivity contribution < 1.29 is 39.6 Å². The van der Waals surface area contributed by atoms with Gasteiger partial charge in [-0.25, -0.2) is 40.0 Å². The number of alkyl halides is 4. The van der Waals surface area contributed by atoms with Crippen molar-refractivity contribution in [2.45, 2.75) is 43.7 Å². The molecule has 1 amide bonds. The summed E-state index contributed by atoms with van der Waals surface area (Å²) in [6.45, 7) is 0.634. The molecule has 2 aliphatic rings. The van der Waals surface area contributed by atoms with E-state index in [1.165, 1.54) is 36.1 Å². The molecule has 1 fully saturated rings. The molecular weight excluding hydrogens is 903 g/mol. The zero-order chi connectivity index (χ0) is 41.7. The van der Waals surface area contributed by atoms with Gasteiger partial charge in [0.1, 0.15) is 35.4 Å². The maximum absolute atomic E-state index is 15.4. The van der Waals surface area contributed by atoms with Crippen molar-refractivity contribution in [1.29, 1.82) is 0 Å². The van der Waals surface area contributed by atoms with E-state index < -0.39 is 87.7 Å². The molecule has 304 valence electrons. The largest absolute Gasteiger partial charge is 0.344 e. The van der Waals surface area contributed by atoms with Crippen LogP contribution < -0.4 is 15.0 Å². The van der Waals surface area contributed by atoms with Crippen LogP contribution in [0.4, 0.5) is 32.2 Å². The van der Waals surface area contributed by atoms with Gasteiger partial charge in [-0.05, 0) is 79.6 Å². The van der Waals surface area contributed by atoms with Crippen LogP contribution in [0.1, 0.15) is 53.1 Å². The molecule has 58 heavy (non-hydrogen) atoms. The minimum atomic E-state index is -3.89. The normalized spacial score (nSPS) is 17.7. The number of carbonyl (C=O) groups excluding carboxylic acids is 1. The summed E-state index contributed by atoms with van der Waals surface area (Å²) in [7, 11) is -2.74. The first-order valence-electron chi connectivity index (χ1n) is 17.2. The molecule has 0 radical (unpaired) electrons. The van der Waals surface area contributed by atoms with Crippen molar-refractivity contribution in [3.05, 3.63) is 102 Å². The predicted octanol–water partition coefficient (Wildman–Crippen LogP) is 6.79. The third-order valence-corrected chi connectivity index (χ3v) is 13.8. The van der Waals surface area contributed by atoms with Crippen molar-refractivity contribution in [3.8, 4) is 5.69 Å². The quantitative estimate of drug-likeness (QED) is 0.110. The second-order valence-corrected chi connectivity index (χ2v) is 18.3. The topological polar surface area (TPSA) is 150 Å². The van der Waals surface area contributed by atoms with Gasteiger partial charge >= 0.3 is 0 Å². The van der Waals surface area contributed by atoms with Crippen LogP contribution in [0, 0.1) is 17.6 Å². The molecule has 0 spiro atoms. The van der Waals surface area contributed by atoms with Gasteiger partial charge in [-0.3, -0.25) is 23.5 Å². The predicted molar refractivity (Wildman–Crippen MR) is 207 cm³/mol. The molecule has 0 bridgehead atoms. The van der Waals surface area contributed by atoms with Crippen LogP contribution in [0.15, 0.2) is 51.9 Å². The molecule has 1 unspecified atom stereocenters. The number of sulfonamides is 1. The van der Waals surface area contributed by atoms with E-state index in [1.807, 2.05) is 0 Å². The van der Waals surface area contributed by atoms with E-state index in [0.717, 1.165) is 27.0 Å². The van der Waals surface area contributed by atoms with E-state index in [9.17, 15) is 35.6 Å². The van der Waals surface area contributed by atoms with E-state index in [4.69, 9.17) is 11.6 Å². The first kappa shape index (κ1) is 40.2. The lowest BCUT2D eigenvalue weighted by atomic mass is 10.0. The zero-order valence-electron chi connectivity index (χ0n) is 30.1. The van der Waals surface area contributed by atoms with Crippen LogP contribution in [0.5, 0.6) is 0 Å². The first-order chi connectivity index (χ1) is 27.3. The number of anilines is 1. The van der Waals surface area contributed by atoms with Crippen molar-refractivity contribution in [3.63, 3.8) is 0 Å². The van der Waals surface area contributed by atoms with Gasteiger partial charge in [-0.1, -0.05) is 11.6 Å². The Labute approximate surface area is 339 Å². The highest BCUT2D eigenvalue weighted by Gasteiger charge is 2.67. The van der Waals surface area contributed by atoms with E-state index in [0.29, 0.717) is 15.2 Å². The molecule has 4 aromatic heterocycles. The minimum Gasteiger partial charge on any atom is -0.344 e. The van der Waals surface area contributed by atoms with Gasteiger partial charge in [0.15, 0.2) is 11.5 Å². The minimum absolute atomic E-state index is 0.000883. The molecule has 4 atom stereocenters. The lowest BCUT2D eigenvalue weighted by molar-refractivity contribution is -0.123. The number of nitrogens with zero attached hydrogens (tertiary/aromatic N) is 8. The molecule has 2 aromatic carbocycles. The highest BCUT2D eigenvalue weighted by atomic mass is 79.9. The third kappa shape index (κ3) is 6.72. The number of hydrogen-bond acceptors (Lipinski definition) is 8. The molecule has 6 aromatic rings. The summed E-state index contributed by atoms with van der Waals surface area (Å²) in [5.41, 5.74) is -2.68. The van der Waals surface area contributed by atoms with Gasteiger partial charge in [0, 0.05) is 41.7 Å². The second kappa shape index (κ2) is 14.3. The number of benzene rings is 2. The highest BCUT2D eigenvalue weighted by Crippen LogP contribution is 2.68. The van der Waals surface area contributed by atoms with E-state index in [-0.39, 0.29) is 70.6 Å². The Hall–Kier alpha value is -4.59. The van der Waals surface area contributed by atoms with Crippen LogP contribution in [-0.2, 0) is 40.8 Å². The van der Waals surface area contributed by atoms with Crippen LogP contribution >= 0.6 is 36.3 Å². The summed E-state index contributed by atoms with van der Waals surface area (Å²) < 4.78 is 118. The molecule has 2 aliphatic carbocycles. The molecule has 1 N–H and O–H groups in total. The Morgan fingerprint density at radius 2 is 1.86 bits per heavy atom. The van der Waals surface area contributed by atoms with Gasteiger partial charge in [0.05, 0.1) is 39.3 Å². The van der Waals surface area contributed by atoms with Crippen molar-refractivity contribution in [2.75, 3.05) is 17.0 Å². The summed E-state index contributed by atoms with van der Waals surface area (Å²) in [5.74, 6) is -8.88. The summed E-state index contributed by atoms with van der Waals surface area (Å²) in [6, 6.07) is 5.31. The van der Waals surface area contributed by atoms with Gasteiger partial charge in [-0.15, -0.1) is 0 Å². The SMILES string of the molecule is CPN(c1nn(C)c2c(-n3c([C@H](Cc4cc(F)cc(F)c4)NC(=O)Cn4nc(C(F)F)c5c4C(F)(F)[C@@H]4C[C@H]54)nc4ncc(Br)cc4c3=O)ccc(Cl)c12)S(C)(=O)=O. The average Bonchev–Trinajstić information content (AvgIpc) is 3.66. The van der Waals surface area contributed by atoms with E-state index >= 15 is 8.78 Å². The van der Waals surface area contributed by atoms with Crippen LogP contribution in [0.2, 0.25) is 5.02 Å². The second-order valence-electron chi connectivity index (χ2n) is 13.9. The number of pyridine rings is 1.